The third-order valence-electron chi connectivity index (χ3n) is 5.65. The van der Waals surface area contributed by atoms with Gasteiger partial charge in [0.05, 0.1) is 20.3 Å². The molecule has 0 aromatic rings. The molecule has 144 valence electrons. The lowest BCUT2D eigenvalue weighted by molar-refractivity contribution is -0.380. The highest BCUT2D eigenvalue weighted by molar-refractivity contribution is 5.69. The van der Waals surface area contributed by atoms with Crippen molar-refractivity contribution in [3.8, 4) is 0 Å². The fourth-order valence-corrected chi connectivity index (χ4v) is 3.55. The van der Waals surface area contributed by atoms with Crippen molar-refractivity contribution in [2.45, 2.75) is 63.9 Å². The van der Waals surface area contributed by atoms with E-state index in [1.165, 1.54) is 0 Å². The molecule has 0 aromatic heterocycles. The second kappa shape index (κ2) is 7.57. The molecule has 0 amide bonds. The summed E-state index contributed by atoms with van der Waals surface area (Å²) in [7, 11) is 1.68. The Balaban J connectivity index is 2.13. The van der Waals surface area contributed by atoms with E-state index in [9.17, 15) is 9.59 Å². The second-order valence-corrected chi connectivity index (χ2v) is 7.16. The molecule has 2 unspecified atom stereocenters. The number of rotatable bonds is 5. The van der Waals surface area contributed by atoms with Crippen LogP contribution in [-0.4, -0.2) is 61.5 Å². The Bertz CT molecular complexity index is 489. The molecule has 0 bridgehead atoms. The maximum Gasteiger partial charge on any atom is 0.516 e. The van der Waals surface area contributed by atoms with Gasteiger partial charge >= 0.3 is 12.6 Å². The van der Waals surface area contributed by atoms with Gasteiger partial charge in [0.1, 0.15) is 0 Å². The van der Waals surface area contributed by atoms with Gasteiger partial charge in [-0.1, -0.05) is 20.8 Å². The van der Waals surface area contributed by atoms with Gasteiger partial charge in [-0.3, -0.25) is 4.79 Å². The highest BCUT2D eigenvalue weighted by Gasteiger charge is 2.56. The van der Waals surface area contributed by atoms with Crippen molar-refractivity contribution >= 4 is 12.6 Å². The van der Waals surface area contributed by atoms with E-state index in [4.69, 9.17) is 19.0 Å². The van der Waals surface area contributed by atoms with Crippen LogP contribution >= 0.6 is 0 Å². The van der Waals surface area contributed by atoms with Gasteiger partial charge in [-0.25, -0.2) is 4.79 Å². The Kier molecular flexibility index (Phi) is 6.09. The van der Waals surface area contributed by atoms with Gasteiger partial charge in [0.15, 0.2) is 11.4 Å². The minimum atomic E-state index is -1.04. The van der Waals surface area contributed by atoms with Crippen LogP contribution in [-0.2, 0) is 28.6 Å². The first-order valence-electron chi connectivity index (χ1n) is 8.71. The predicted molar refractivity (Wildman–Crippen MR) is 87.5 cm³/mol. The monoisotopic (exact) mass is 359 g/mol. The average Bonchev–Trinajstić information content (AvgIpc) is 2.60. The highest BCUT2D eigenvalue weighted by atomic mass is 16.8. The van der Waals surface area contributed by atoms with Gasteiger partial charge in [-0.05, 0) is 19.8 Å². The standard InChI is InChI=1S/C17H29NO7/c1-6-15(4)9-17(13(3)8-18(15)21-5)23-10-16(7-2,11-24-17)25-14(20)22-12-19/h12-13H,6-11H2,1-5H3. The van der Waals surface area contributed by atoms with Crippen LogP contribution in [0.15, 0.2) is 0 Å². The Hall–Kier alpha value is -1.22. The van der Waals surface area contributed by atoms with Crippen molar-refractivity contribution in [1.82, 2.24) is 5.06 Å². The van der Waals surface area contributed by atoms with Crippen LogP contribution < -0.4 is 0 Å². The second-order valence-electron chi connectivity index (χ2n) is 7.16. The van der Waals surface area contributed by atoms with E-state index >= 15 is 0 Å². The lowest BCUT2D eigenvalue weighted by atomic mass is 9.78. The summed E-state index contributed by atoms with van der Waals surface area (Å²) in [6, 6.07) is 0. The van der Waals surface area contributed by atoms with Gasteiger partial charge in [-0.2, -0.15) is 5.06 Å². The lowest BCUT2D eigenvalue weighted by Gasteiger charge is -2.56. The SMILES string of the molecule is CCC1(OC(=O)OC=O)COC2(CC(C)(CC)N(OC)CC2C)OC1. The molecule has 0 saturated carbocycles. The van der Waals surface area contributed by atoms with E-state index in [1.54, 1.807) is 7.11 Å². The molecule has 2 aliphatic rings. The van der Waals surface area contributed by atoms with Gasteiger partial charge < -0.3 is 23.8 Å². The number of carbonyl (C=O) groups is 2. The van der Waals surface area contributed by atoms with E-state index in [2.05, 4.69) is 25.5 Å². The summed E-state index contributed by atoms with van der Waals surface area (Å²) >= 11 is 0. The summed E-state index contributed by atoms with van der Waals surface area (Å²) in [5.74, 6) is -0.681. The molecule has 2 aliphatic heterocycles. The molecule has 2 rings (SSSR count). The topological polar surface area (TPSA) is 83.5 Å². The molecule has 0 N–H and O–H groups in total. The van der Waals surface area contributed by atoms with Crippen molar-refractivity contribution < 1.29 is 33.4 Å². The third kappa shape index (κ3) is 3.81. The Morgan fingerprint density at radius 3 is 2.40 bits per heavy atom. The zero-order chi connectivity index (χ0) is 18.7. The molecule has 8 nitrogen and oxygen atoms in total. The van der Waals surface area contributed by atoms with Crippen LogP contribution in [0.25, 0.3) is 0 Å². The predicted octanol–water partition coefficient (Wildman–Crippen LogP) is 2.26. The van der Waals surface area contributed by atoms with Crippen molar-refractivity contribution in [3.63, 3.8) is 0 Å². The Morgan fingerprint density at radius 1 is 1.28 bits per heavy atom. The van der Waals surface area contributed by atoms with E-state index in [0.29, 0.717) is 19.4 Å². The first kappa shape index (κ1) is 20.1. The molecular formula is C17H29NO7. The Morgan fingerprint density at radius 2 is 1.92 bits per heavy atom. The number of hydroxylamine groups is 2. The smallest absolute Gasteiger partial charge is 0.422 e. The maximum absolute atomic E-state index is 11.5. The number of piperidine rings is 1. The van der Waals surface area contributed by atoms with Crippen LogP contribution in [0.1, 0.15) is 47.0 Å². The maximum atomic E-state index is 11.5. The van der Waals surface area contributed by atoms with Crippen LogP contribution in [0.2, 0.25) is 0 Å². The molecular weight excluding hydrogens is 330 g/mol. The van der Waals surface area contributed by atoms with Crippen molar-refractivity contribution in [3.05, 3.63) is 0 Å². The van der Waals surface area contributed by atoms with E-state index in [-0.39, 0.29) is 31.1 Å². The highest BCUT2D eigenvalue weighted by Crippen LogP contribution is 2.46. The zero-order valence-electron chi connectivity index (χ0n) is 15.7. The lowest BCUT2D eigenvalue weighted by Crippen LogP contribution is -2.67. The summed E-state index contributed by atoms with van der Waals surface area (Å²) in [6.07, 6.45) is 0.967. The quantitative estimate of drug-likeness (QED) is 0.420. The zero-order valence-corrected chi connectivity index (χ0v) is 15.7. The molecule has 2 fully saturated rings. The van der Waals surface area contributed by atoms with Gasteiger partial charge in [-0.15, -0.1) is 0 Å². The average molecular weight is 359 g/mol. The minimum Gasteiger partial charge on any atom is -0.422 e. The third-order valence-corrected chi connectivity index (χ3v) is 5.65. The van der Waals surface area contributed by atoms with Crippen molar-refractivity contribution in [2.75, 3.05) is 26.9 Å². The number of hydrogen-bond donors (Lipinski definition) is 0. The van der Waals surface area contributed by atoms with Crippen LogP contribution in [0.4, 0.5) is 4.79 Å². The number of ether oxygens (including phenoxy) is 4. The summed E-state index contributed by atoms with van der Waals surface area (Å²) < 4.78 is 21.9. The largest absolute Gasteiger partial charge is 0.516 e. The molecule has 1 spiro atoms. The van der Waals surface area contributed by atoms with Crippen molar-refractivity contribution in [1.29, 1.82) is 0 Å². The Labute approximate surface area is 148 Å². The number of hydrogen-bond acceptors (Lipinski definition) is 8. The molecule has 2 heterocycles. The molecule has 0 aliphatic carbocycles. The summed E-state index contributed by atoms with van der Waals surface area (Å²) in [5, 5.41) is 1.98. The number of carbonyl (C=O) groups excluding carboxylic acids is 2. The van der Waals surface area contributed by atoms with Gasteiger partial charge in [0, 0.05) is 24.4 Å². The normalized spacial score (nSPS) is 39.2. The fraction of sp³-hybridized carbons (Fsp3) is 0.882. The molecule has 8 heteroatoms. The molecule has 0 aromatic carbocycles. The molecule has 2 saturated heterocycles. The summed E-state index contributed by atoms with van der Waals surface area (Å²) in [6.45, 7) is 9.25. The first-order valence-corrected chi connectivity index (χ1v) is 8.71. The van der Waals surface area contributed by atoms with Crippen LogP contribution in [0, 0.1) is 5.92 Å². The van der Waals surface area contributed by atoms with Gasteiger partial charge in [0.25, 0.3) is 0 Å². The van der Waals surface area contributed by atoms with E-state index in [1.807, 2.05) is 12.0 Å². The molecule has 2 atom stereocenters. The van der Waals surface area contributed by atoms with Crippen LogP contribution in [0.3, 0.4) is 0 Å². The summed E-state index contributed by atoms with van der Waals surface area (Å²) in [4.78, 5) is 27.4. The van der Waals surface area contributed by atoms with Gasteiger partial charge in [0.2, 0.25) is 0 Å². The number of nitrogens with zero attached hydrogens (tertiary/aromatic N) is 1. The first-order chi connectivity index (χ1) is 11.8. The molecule has 25 heavy (non-hydrogen) atoms. The van der Waals surface area contributed by atoms with E-state index in [0.717, 1.165) is 6.42 Å². The van der Waals surface area contributed by atoms with Crippen LogP contribution in [0.5, 0.6) is 0 Å². The van der Waals surface area contributed by atoms with Crippen molar-refractivity contribution in [2.24, 2.45) is 5.92 Å². The molecule has 0 radical (unpaired) electrons. The fourth-order valence-electron chi connectivity index (χ4n) is 3.55. The van der Waals surface area contributed by atoms with E-state index < -0.39 is 17.5 Å². The summed E-state index contributed by atoms with van der Waals surface area (Å²) in [5.41, 5.74) is -1.17. The minimum absolute atomic E-state index is 0.0486.